The van der Waals surface area contributed by atoms with Crippen LogP contribution in [0.25, 0.3) is 0 Å². The minimum Gasteiger partial charge on any atom is -0.356 e. The molecule has 0 aliphatic rings. The van der Waals surface area contributed by atoms with Gasteiger partial charge in [-0.1, -0.05) is 0 Å². The summed E-state index contributed by atoms with van der Waals surface area (Å²) in [4.78, 5) is 1.45. The highest BCUT2D eigenvalue weighted by Gasteiger charge is 2.21. The molecule has 1 rings (SSSR count). The number of rotatable bonds is 2. The number of aryl methyl sites for hydroxylation is 1. The number of hydrogen-bond acceptors (Lipinski definition) is 4. The molecule has 0 aromatic carbocycles. The molecule has 5 heteroatoms. The first-order valence-corrected chi connectivity index (χ1v) is 3.38. The van der Waals surface area contributed by atoms with Crippen LogP contribution in [-0.4, -0.2) is 27.3 Å². The molecule has 0 bridgehead atoms. The van der Waals surface area contributed by atoms with Gasteiger partial charge in [0.05, 0.1) is 0 Å². The predicted octanol–water partition coefficient (Wildman–Crippen LogP) is 0.321. The Bertz CT molecular complexity index is 242. The summed E-state index contributed by atoms with van der Waals surface area (Å²) in [5.41, 5.74) is -0.513. The van der Waals surface area contributed by atoms with Gasteiger partial charge < -0.3 is 4.74 Å². The van der Waals surface area contributed by atoms with Crippen LogP contribution in [0.5, 0.6) is 0 Å². The Morgan fingerprint density at radius 2 is 2.09 bits per heavy atom. The highest BCUT2D eigenvalue weighted by atomic mass is 16.5. The second kappa shape index (κ2) is 2.58. The fraction of sp³-hybridized carbons (Fsp3) is 0.833. The molecule has 5 nitrogen and oxygen atoms in total. The van der Waals surface area contributed by atoms with Crippen LogP contribution in [0.4, 0.5) is 0 Å². The molecule has 0 N–H and O–H groups in total. The van der Waals surface area contributed by atoms with Gasteiger partial charge in [-0.2, -0.15) is 0 Å². The summed E-state index contributed by atoms with van der Waals surface area (Å²) in [5, 5.41) is 11.6. The molecule has 0 amide bonds. The molecule has 1 heterocycles. The van der Waals surface area contributed by atoms with Gasteiger partial charge in [-0.05, 0) is 26.0 Å². The third-order valence-corrected chi connectivity index (χ3v) is 1.49. The van der Waals surface area contributed by atoms with Gasteiger partial charge in [-0.15, -0.1) is 15.0 Å². The average molecular weight is 156 g/mol. The van der Waals surface area contributed by atoms with E-state index >= 15 is 0 Å². The fourth-order valence-electron chi connectivity index (χ4n) is 0.594. The van der Waals surface area contributed by atoms with E-state index in [9.17, 15) is 0 Å². The van der Waals surface area contributed by atoms with Crippen molar-refractivity contribution in [3.8, 4) is 0 Å². The zero-order chi connectivity index (χ0) is 8.48. The van der Waals surface area contributed by atoms with E-state index < -0.39 is 5.72 Å². The minimum atomic E-state index is -0.513. The summed E-state index contributed by atoms with van der Waals surface area (Å²) in [5.74, 6) is 0.648. The van der Waals surface area contributed by atoms with Crippen molar-refractivity contribution in [2.45, 2.75) is 26.5 Å². The van der Waals surface area contributed by atoms with Gasteiger partial charge >= 0.3 is 0 Å². The maximum atomic E-state index is 5.14. The molecule has 0 radical (unpaired) electrons. The van der Waals surface area contributed by atoms with Crippen molar-refractivity contribution in [3.05, 3.63) is 5.82 Å². The quantitative estimate of drug-likeness (QED) is 0.618. The number of aromatic nitrogens is 4. The molecule has 0 saturated carbocycles. The molecule has 0 atom stereocenters. The number of tetrazole rings is 1. The van der Waals surface area contributed by atoms with E-state index in [-0.39, 0.29) is 0 Å². The molecule has 0 fully saturated rings. The van der Waals surface area contributed by atoms with E-state index in [0.29, 0.717) is 5.82 Å². The molecular weight excluding hydrogens is 144 g/mol. The maximum absolute atomic E-state index is 5.14. The van der Waals surface area contributed by atoms with Gasteiger partial charge in [0.25, 0.3) is 0 Å². The van der Waals surface area contributed by atoms with Gasteiger partial charge in [0.2, 0.25) is 0 Å². The van der Waals surface area contributed by atoms with Crippen LogP contribution >= 0.6 is 0 Å². The Hall–Kier alpha value is -0.970. The smallest absolute Gasteiger partial charge is 0.175 e. The van der Waals surface area contributed by atoms with Crippen LogP contribution < -0.4 is 0 Å². The summed E-state index contributed by atoms with van der Waals surface area (Å²) >= 11 is 0. The molecule has 0 unspecified atom stereocenters. The van der Waals surface area contributed by atoms with Crippen LogP contribution in [0.15, 0.2) is 0 Å². The van der Waals surface area contributed by atoms with Gasteiger partial charge in [0.15, 0.2) is 11.5 Å². The Kier molecular flexibility index (Phi) is 1.90. The molecule has 0 aliphatic heterocycles. The van der Waals surface area contributed by atoms with Gasteiger partial charge in [0, 0.05) is 7.11 Å². The van der Waals surface area contributed by atoms with Crippen LogP contribution in [0, 0.1) is 6.92 Å². The first-order valence-electron chi connectivity index (χ1n) is 3.38. The zero-order valence-corrected chi connectivity index (χ0v) is 7.20. The SMILES string of the molecule is COC(C)(C)n1nnc(C)n1. The highest BCUT2D eigenvalue weighted by molar-refractivity contribution is 4.70. The van der Waals surface area contributed by atoms with Crippen LogP contribution in [0.3, 0.4) is 0 Å². The summed E-state index contributed by atoms with van der Waals surface area (Å²) in [6, 6.07) is 0. The third-order valence-electron chi connectivity index (χ3n) is 1.49. The summed E-state index contributed by atoms with van der Waals surface area (Å²) in [6.07, 6.45) is 0. The minimum absolute atomic E-state index is 0.513. The monoisotopic (exact) mass is 156 g/mol. The van der Waals surface area contributed by atoms with Crippen LogP contribution in [0.2, 0.25) is 0 Å². The lowest BCUT2D eigenvalue weighted by Gasteiger charge is -2.20. The van der Waals surface area contributed by atoms with Crippen molar-refractivity contribution in [3.63, 3.8) is 0 Å². The molecule has 1 aromatic rings. The van der Waals surface area contributed by atoms with Crippen molar-refractivity contribution in [2.75, 3.05) is 7.11 Å². The predicted molar refractivity (Wildman–Crippen MR) is 38.9 cm³/mol. The Morgan fingerprint density at radius 3 is 2.45 bits per heavy atom. The van der Waals surface area contributed by atoms with Crippen LogP contribution in [-0.2, 0) is 10.5 Å². The number of hydrogen-bond donors (Lipinski definition) is 0. The molecule has 1 aromatic heterocycles. The standard InChI is InChI=1S/C6H12N4O/c1-5-7-9-10(8-5)6(2,3)11-4/h1-4H3. The van der Waals surface area contributed by atoms with E-state index in [1.165, 1.54) is 4.80 Å². The Morgan fingerprint density at radius 1 is 1.45 bits per heavy atom. The summed E-state index contributed by atoms with van der Waals surface area (Å²) in [7, 11) is 1.61. The van der Waals surface area contributed by atoms with Crippen molar-refractivity contribution in [1.29, 1.82) is 0 Å². The highest BCUT2D eigenvalue weighted by Crippen LogP contribution is 2.10. The van der Waals surface area contributed by atoms with E-state index in [2.05, 4.69) is 15.4 Å². The molecule has 62 valence electrons. The van der Waals surface area contributed by atoms with Crippen molar-refractivity contribution < 1.29 is 4.74 Å². The van der Waals surface area contributed by atoms with Gasteiger partial charge in [-0.3, -0.25) is 0 Å². The fourth-order valence-corrected chi connectivity index (χ4v) is 0.594. The summed E-state index contributed by atoms with van der Waals surface area (Å²) < 4.78 is 5.14. The van der Waals surface area contributed by atoms with E-state index in [4.69, 9.17) is 4.74 Å². The Labute approximate surface area is 65.4 Å². The lowest BCUT2D eigenvalue weighted by molar-refractivity contribution is -0.0670. The molecule has 0 spiro atoms. The lowest BCUT2D eigenvalue weighted by Crippen LogP contribution is -2.30. The zero-order valence-electron chi connectivity index (χ0n) is 7.20. The molecule has 0 aliphatic carbocycles. The van der Waals surface area contributed by atoms with Crippen LogP contribution in [0.1, 0.15) is 19.7 Å². The van der Waals surface area contributed by atoms with Crippen molar-refractivity contribution in [2.24, 2.45) is 0 Å². The second-order valence-corrected chi connectivity index (χ2v) is 2.78. The lowest BCUT2D eigenvalue weighted by atomic mass is 10.3. The first-order chi connectivity index (χ1) is 5.06. The van der Waals surface area contributed by atoms with Gasteiger partial charge in [0.1, 0.15) is 0 Å². The number of methoxy groups -OCH3 is 1. The largest absolute Gasteiger partial charge is 0.356 e. The summed E-state index contributed by atoms with van der Waals surface area (Å²) in [6.45, 7) is 5.53. The number of nitrogens with zero attached hydrogens (tertiary/aromatic N) is 4. The topological polar surface area (TPSA) is 52.8 Å². The van der Waals surface area contributed by atoms with E-state index in [0.717, 1.165) is 0 Å². The van der Waals surface area contributed by atoms with Gasteiger partial charge in [-0.25, -0.2) is 0 Å². The second-order valence-electron chi connectivity index (χ2n) is 2.78. The van der Waals surface area contributed by atoms with Crippen molar-refractivity contribution in [1.82, 2.24) is 20.2 Å². The first kappa shape index (κ1) is 8.13. The van der Waals surface area contributed by atoms with Crippen molar-refractivity contribution >= 4 is 0 Å². The van der Waals surface area contributed by atoms with E-state index in [1.807, 2.05) is 13.8 Å². The molecule has 11 heavy (non-hydrogen) atoms. The third kappa shape index (κ3) is 1.54. The average Bonchev–Trinajstić information content (AvgIpc) is 2.36. The normalized spacial score (nSPS) is 12.0. The van der Waals surface area contributed by atoms with E-state index in [1.54, 1.807) is 14.0 Å². The Balaban J connectivity index is 2.92. The maximum Gasteiger partial charge on any atom is 0.175 e. The molecule has 0 saturated heterocycles. The molecular formula is C6H12N4O. The number of ether oxygens (including phenoxy) is 1.